The van der Waals surface area contributed by atoms with E-state index in [9.17, 15) is 18.4 Å². The maximum Gasteiger partial charge on any atom is 0.321 e. The Kier molecular flexibility index (Phi) is 7.43. The van der Waals surface area contributed by atoms with Gasteiger partial charge in [-0.05, 0) is 24.3 Å². The van der Waals surface area contributed by atoms with Crippen LogP contribution < -0.4 is 32.2 Å². The number of carbonyl (C=O) groups is 2. The monoisotopic (exact) mass is 543 g/mol. The maximum atomic E-state index is 14.6. The van der Waals surface area contributed by atoms with Gasteiger partial charge in [0.1, 0.15) is 33.9 Å². The Bertz CT molecular complexity index is 1540. The fourth-order valence-corrected chi connectivity index (χ4v) is 3.86. The van der Waals surface area contributed by atoms with Gasteiger partial charge in [0.2, 0.25) is 5.82 Å². The van der Waals surface area contributed by atoms with E-state index in [1.165, 1.54) is 19.2 Å². The molecule has 3 amide bonds. The third-order valence-electron chi connectivity index (χ3n) is 4.81. The summed E-state index contributed by atoms with van der Waals surface area (Å²) in [6, 6.07) is 7.11. The number of benzene rings is 2. The summed E-state index contributed by atoms with van der Waals surface area (Å²) in [6.45, 7) is -0.169. The molecular weight excluding hydrogens is 524 g/mol. The van der Waals surface area contributed by atoms with Gasteiger partial charge in [-0.15, -0.1) is 0 Å². The fourth-order valence-electron chi connectivity index (χ4n) is 3.06. The van der Waals surface area contributed by atoms with Crippen LogP contribution in [-0.2, 0) is 0 Å². The third kappa shape index (κ3) is 5.81. The smallest absolute Gasteiger partial charge is 0.321 e. The van der Waals surface area contributed by atoms with E-state index in [4.69, 9.17) is 26.1 Å². The summed E-state index contributed by atoms with van der Waals surface area (Å²) in [4.78, 5) is 32.7. The average molecular weight is 544 g/mol. The number of nitrogen functional groups attached to an aromatic ring is 1. The normalized spacial score (nSPS) is 10.6. The number of aromatic nitrogens is 3. The van der Waals surface area contributed by atoms with Crippen molar-refractivity contribution >= 4 is 45.7 Å². The topological polar surface area (TPSA) is 207 Å². The van der Waals surface area contributed by atoms with E-state index < -0.39 is 23.6 Å². The van der Waals surface area contributed by atoms with Gasteiger partial charge in [0, 0.05) is 11.6 Å². The third-order valence-corrected chi connectivity index (χ3v) is 5.79. The van der Waals surface area contributed by atoms with Gasteiger partial charge in [0.05, 0.1) is 24.9 Å². The van der Waals surface area contributed by atoms with Crippen LogP contribution >= 0.6 is 11.3 Å². The lowest BCUT2D eigenvalue weighted by atomic mass is 10.1. The maximum absolute atomic E-state index is 14.6. The van der Waals surface area contributed by atoms with Crippen molar-refractivity contribution in [3.05, 3.63) is 53.6 Å². The van der Waals surface area contributed by atoms with Crippen LogP contribution in [0.4, 0.5) is 30.2 Å². The number of amides is 3. The lowest BCUT2D eigenvalue weighted by Crippen LogP contribution is -2.35. The Labute approximate surface area is 216 Å². The van der Waals surface area contributed by atoms with Gasteiger partial charge in [-0.1, -0.05) is 22.6 Å². The summed E-state index contributed by atoms with van der Waals surface area (Å²) in [5.41, 5.74) is 10.7. The predicted molar refractivity (Wildman–Crippen MR) is 135 cm³/mol. The lowest BCUT2D eigenvalue weighted by molar-refractivity contribution is 0.102. The minimum atomic E-state index is -1.02. The van der Waals surface area contributed by atoms with Crippen molar-refractivity contribution in [3.63, 3.8) is 0 Å². The first-order valence-corrected chi connectivity index (χ1v) is 11.4. The largest absolute Gasteiger partial charge is 0.497 e. The van der Waals surface area contributed by atoms with Gasteiger partial charge in [-0.25, -0.2) is 18.6 Å². The minimum Gasteiger partial charge on any atom is -0.497 e. The van der Waals surface area contributed by atoms with Crippen LogP contribution in [-0.4, -0.2) is 46.6 Å². The highest BCUT2D eigenvalue weighted by atomic mass is 32.1. The van der Waals surface area contributed by atoms with E-state index in [1.807, 2.05) is 0 Å². The molecule has 0 radical (unpaired) electrons. The zero-order valence-electron chi connectivity index (χ0n) is 19.5. The highest BCUT2D eigenvalue weighted by Crippen LogP contribution is 2.35. The number of anilines is 3. The van der Waals surface area contributed by atoms with Gasteiger partial charge in [-0.3, -0.25) is 15.5 Å². The first-order valence-electron chi connectivity index (χ1n) is 10.6. The Hall–Kier alpha value is -5.12. The standard InChI is InChI=1S/C22H19F2N9O4S/c1-36-10-4-2-3-9(5-10)19(34)29-14-6-11(12(23)7-13(14)24)18-31-20(37-33-18)16-17(27)30-22(38-16)32-21(35)28-8-15(25)26/h2-7H,8,27H2,1H3,(H3,25,26)(H,29,34)(H2,28,30,32,35). The van der Waals surface area contributed by atoms with Crippen LogP contribution in [0.3, 0.4) is 0 Å². The summed E-state index contributed by atoms with van der Waals surface area (Å²) < 4.78 is 39.4. The molecule has 4 rings (SSSR count). The zero-order chi connectivity index (χ0) is 27.4. The van der Waals surface area contributed by atoms with Gasteiger partial charge in [-0.2, -0.15) is 4.98 Å². The number of urea groups is 1. The SMILES string of the molecule is COc1cccc(C(=O)Nc2cc(-c3noc(-c4sc(NC(=O)NCC(=N)N)nc4N)n3)c(F)cc2F)c1. The lowest BCUT2D eigenvalue weighted by Gasteiger charge is -2.09. The van der Waals surface area contributed by atoms with E-state index in [0.29, 0.717) is 11.8 Å². The second-order valence-corrected chi connectivity index (χ2v) is 8.49. The summed E-state index contributed by atoms with van der Waals surface area (Å²) in [7, 11) is 1.44. The first-order chi connectivity index (χ1) is 18.1. The molecule has 0 spiro atoms. The summed E-state index contributed by atoms with van der Waals surface area (Å²) >= 11 is 0.892. The number of amidine groups is 1. The van der Waals surface area contributed by atoms with Crippen LogP contribution in [0.25, 0.3) is 22.2 Å². The Morgan fingerprint density at radius 3 is 2.68 bits per heavy atom. The molecule has 0 saturated heterocycles. The second-order valence-electron chi connectivity index (χ2n) is 7.49. The molecule has 2 heterocycles. The molecule has 8 N–H and O–H groups in total. The predicted octanol–water partition coefficient (Wildman–Crippen LogP) is 3.04. The Balaban J connectivity index is 1.56. The van der Waals surface area contributed by atoms with Crippen LogP contribution in [0.15, 0.2) is 40.9 Å². The van der Waals surface area contributed by atoms with E-state index in [-0.39, 0.29) is 56.7 Å². The molecule has 0 saturated carbocycles. The number of nitrogens with two attached hydrogens (primary N) is 2. The zero-order valence-corrected chi connectivity index (χ0v) is 20.3. The minimum absolute atomic E-state index is 0.0575. The Morgan fingerprint density at radius 1 is 1.16 bits per heavy atom. The van der Waals surface area contributed by atoms with Crippen molar-refractivity contribution in [1.29, 1.82) is 5.41 Å². The molecular formula is C22H19F2N9O4S. The number of nitrogens with one attached hydrogen (secondary N) is 4. The van der Waals surface area contributed by atoms with Crippen LogP contribution in [0.2, 0.25) is 0 Å². The number of halogens is 2. The van der Waals surface area contributed by atoms with Crippen LogP contribution in [0.5, 0.6) is 5.75 Å². The van der Waals surface area contributed by atoms with Crippen LogP contribution in [0, 0.1) is 17.0 Å². The molecule has 196 valence electrons. The molecule has 2 aromatic heterocycles. The molecule has 38 heavy (non-hydrogen) atoms. The molecule has 0 unspecified atom stereocenters. The summed E-state index contributed by atoms with van der Waals surface area (Å²) in [5.74, 6) is -2.94. The van der Waals surface area contributed by atoms with Crippen molar-refractivity contribution in [2.75, 3.05) is 30.0 Å². The number of ether oxygens (including phenoxy) is 1. The van der Waals surface area contributed by atoms with E-state index in [2.05, 4.69) is 31.1 Å². The van der Waals surface area contributed by atoms with Crippen LogP contribution in [0.1, 0.15) is 10.4 Å². The molecule has 0 aliphatic heterocycles. The van der Waals surface area contributed by atoms with E-state index in [0.717, 1.165) is 17.4 Å². The number of hydrogen-bond acceptors (Lipinski definition) is 10. The molecule has 0 atom stereocenters. The molecule has 4 aromatic rings. The van der Waals surface area contributed by atoms with E-state index >= 15 is 0 Å². The highest BCUT2D eigenvalue weighted by molar-refractivity contribution is 7.19. The molecule has 16 heteroatoms. The summed E-state index contributed by atoms with van der Waals surface area (Å²) in [6.07, 6.45) is 0. The van der Waals surface area contributed by atoms with Crippen molar-refractivity contribution in [3.8, 4) is 27.9 Å². The van der Waals surface area contributed by atoms with Crippen molar-refractivity contribution in [2.24, 2.45) is 5.73 Å². The molecule has 0 aliphatic rings. The molecule has 0 fully saturated rings. The van der Waals surface area contributed by atoms with Gasteiger partial charge in [0.25, 0.3) is 11.8 Å². The fraction of sp³-hybridized carbons (Fsp3) is 0.0909. The molecule has 0 aliphatic carbocycles. The highest BCUT2D eigenvalue weighted by Gasteiger charge is 2.22. The van der Waals surface area contributed by atoms with Gasteiger partial charge < -0.3 is 31.4 Å². The number of thiazole rings is 1. The quantitative estimate of drug-likeness (QED) is 0.142. The van der Waals surface area contributed by atoms with Crippen molar-refractivity contribution < 1.29 is 27.6 Å². The molecule has 0 bridgehead atoms. The number of nitrogens with zero attached hydrogens (tertiary/aromatic N) is 3. The van der Waals surface area contributed by atoms with Crippen molar-refractivity contribution in [1.82, 2.24) is 20.4 Å². The average Bonchev–Trinajstić information content (AvgIpc) is 3.50. The Morgan fingerprint density at radius 2 is 1.95 bits per heavy atom. The van der Waals surface area contributed by atoms with Gasteiger partial charge >= 0.3 is 6.03 Å². The van der Waals surface area contributed by atoms with Crippen molar-refractivity contribution in [2.45, 2.75) is 0 Å². The number of methoxy groups -OCH3 is 1. The number of rotatable bonds is 8. The van der Waals surface area contributed by atoms with E-state index in [1.54, 1.807) is 12.1 Å². The summed E-state index contributed by atoms with van der Waals surface area (Å²) in [5, 5.41) is 18.1. The molecule has 13 nitrogen and oxygen atoms in total. The number of carbonyl (C=O) groups excluding carboxylic acids is 2. The molecule has 2 aromatic carbocycles. The second kappa shape index (κ2) is 10.9. The van der Waals surface area contributed by atoms with Gasteiger partial charge in [0.15, 0.2) is 5.13 Å². The number of hydrogen-bond donors (Lipinski definition) is 6. The first kappa shape index (κ1) is 26.0.